The molecule has 2 rings (SSSR count). The summed E-state index contributed by atoms with van der Waals surface area (Å²) in [6, 6.07) is 1.76. The third-order valence-corrected chi connectivity index (χ3v) is 2.58. The summed E-state index contributed by atoms with van der Waals surface area (Å²) in [7, 11) is 0. The number of anilines is 2. The van der Waals surface area contributed by atoms with Crippen molar-refractivity contribution in [3.05, 3.63) is 18.5 Å². The van der Waals surface area contributed by atoms with E-state index in [2.05, 4.69) is 30.8 Å². The molecule has 5 N–H and O–H groups in total. The van der Waals surface area contributed by atoms with E-state index in [1.165, 1.54) is 4.68 Å². The average molecular weight is 278 g/mol. The maximum absolute atomic E-state index is 9.70. The van der Waals surface area contributed by atoms with Crippen LogP contribution < -0.4 is 16.6 Å². The number of hydrogen-bond acceptors (Lipinski definition) is 8. The third kappa shape index (κ3) is 3.62. The number of aromatic nitrogens is 5. The highest BCUT2D eigenvalue weighted by Gasteiger charge is 2.09. The van der Waals surface area contributed by atoms with Gasteiger partial charge in [-0.3, -0.25) is 5.43 Å². The predicted octanol–water partition coefficient (Wildman–Crippen LogP) is -0.0842. The third-order valence-electron chi connectivity index (χ3n) is 2.58. The zero-order chi connectivity index (χ0) is 14.4. The topological polar surface area (TPSA) is 127 Å². The van der Waals surface area contributed by atoms with Crippen molar-refractivity contribution >= 4 is 11.9 Å². The van der Waals surface area contributed by atoms with E-state index in [1.807, 2.05) is 6.92 Å². The van der Waals surface area contributed by atoms with Gasteiger partial charge in [-0.1, -0.05) is 13.3 Å². The minimum atomic E-state index is -0.445. The Bertz CT molecular complexity index is 529. The van der Waals surface area contributed by atoms with Crippen LogP contribution in [0.2, 0.25) is 0 Å². The second-order valence-electron chi connectivity index (χ2n) is 4.20. The molecule has 0 aliphatic rings. The Morgan fingerprint density at radius 1 is 1.35 bits per heavy atom. The lowest BCUT2D eigenvalue weighted by Gasteiger charge is -2.11. The molecule has 0 saturated carbocycles. The minimum Gasteiger partial charge on any atom is -0.391 e. The molecule has 108 valence electrons. The Morgan fingerprint density at radius 3 is 2.80 bits per heavy atom. The number of nitrogens with one attached hydrogen (secondary N) is 2. The summed E-state index contributed by atoms with van der Waals surface area (Å²) in [6.07, 6.45) is 4.52. The lowest BCUT2D eigenvalue weighted by molar-refractivity contribution is 0.176. The fraction of sp³-hybridized carbons (Fsp3) is 0.455. The molecule has 0 spiro atoms. The quantitative estimate of drug-likeness (QED) is 0.409. The summed E-state index contributed by atoms with van der Waals surface area (Å²) in [5, 5.41) is 16.7. The minimum absolute atomic E-state index is 0.220. The summed E-state index contributed by atoms with van der Waals surface area (Å²) in [6.45, 7) is 2.37. The summed E-state index contributed by atoms with van der Waals surface area (Å²) in [5.41, 5.74) is 2.38. The van der Waals surface area contributed by atoms with Gasteiger partial charge in [0.15, 0.2) is 0 Å². The number of hydrogen-bond donors (Lipinski definition) is 4. The molecule has 1 unspecified atom stereocenters. The van der Waals surface area contributed by atoms with E-state index in [-0.39, 0.29) is 5.95 Å². The summed E-state index contributed by atoms with van der Waals surface area (Å²) in [5.74, 6) is 6.22. The monoisotopic (exact) mass is 278 g/mol. The Kier molecular flexibility index (Phi) is 4.80. The molecular formula is C11H18N8O. The first-order chi connectivity index (χ1) is 9.72. The smallest absolute Gasteiger partial charge is 0.257 e. The Labute approximate surface area is 116 Å². The Hall–Kier alpha value is -2.26. The maximum Gasteiger partial charge on any atom is 0.257 e. The van der Waals surface area contributed by atoms with Crippen LogP contribution in [0.5, 0.6) is 0 Å². The molecular weight excluding hydrogens is 260 g/mol. The van der Waals surface area contributed by atoms with Crippen LogP contribution in [0.25, 0.3) is 5.95 Å². The van der Waals surface area contributed by atoms with Crippen molar-refractivity contribution in [1.82, 2.24) is 24.7 Å². The number of aliphatic hydroxyl groups excluding tert-OH is 1. The van der Waals surface area contributed by atoms with Gasteiger partial charge in [0.1, 0.15) is 0 Å². The molecule has 20 heavy (non-hydrogen) atoms. The number of aliphatic hydroxyl groups is 1. The van der Waals surface area contributed by atoms with Gasteiger partial charge in [-0.25, -0.2) is 10.5 Å². The number of nitrogens with two attached hydrogens (primary N) is 1. The van der Waals surface area contributed by atoms with Crippen LogP contribution >= 0.6 is 0 Å². The highest BCUT2D eigenvalue weighted by Crippen LogP contribution is 2.08. The van der Waals surface area contributed by atoms with Gasteiger partial charge in [-0.05, 0) is 12.5 Å². The predicted molar refractivity (Wildman–Crippen MR) is 74.2 cm³/mol. The van der Waals surface area contributed by atoms with Crippen LogP contribution in [-0.4, -0.2) is 42.5 Å². The van der Waals surface area contributed by atoms with Crippen molar-refractivity contribution in [3.63, 3.8) is 0 Å². The summed E-state index contributed by atoms with van der Waals surface area (Å²) in [4.78, 5) is 12.4. The highest BCUT2D eigenvalue weighted by atomic mass is 16.3. The molecule has 0 radical (unpaired) electrons. The molecule has 0 bridgehead atoms. The van der Waals surface area contributed by atoms with Crippen molar-refractivity contribution in [2.24, 2.45) is 5.84 Å². The molecule has 9 heteroatoms. The lowest BCUT2D eigenvalue weighted by Crippen LogP contribution is -2.22. The standard InChI is InChI=1S/C11H18N8O/c1-2-4-8(20)7-13-9-15-10(18-12)17-11(16-9)19-6-3-5-14-19/h3,5-6,8,20H,2,4,7,12H2,1H3,(H2,13,15,16,17,18). The number of rotatable bonds is 7. The van der Waals surface area contributed by atoms with Crippen molar-refractivity contribution in [1.29, 1.82) is 0 Å². The van der Waals surface area contributed by atoms with Gasteiger partial charge in [0, 0.05) is 18.9 Å². The van der Waals surface area contributed by atoms with E-state index in [4.69, 9.17) is 5.84 Å². The molecule has 0 aromatic carbocycles. The molecule has 1 atom stereocenters. The molecule has 2 aromatic heterocycles. The van der Waals surface area contributed by atoms with Crippen LogP contribution in [0.4, 0.5) is 11.9 Å². The summed E-state index contributed by atoms with van der Waals surface area (Å²) >= 11 is 0. The van der Waals surface area contributed by atoms with Crippen molar-refractivity contribution in [2.45, 2.75) is 25.9 Å². The van der Waals surface area contributed by atoms with E-state index < -0.39 is 6.10 Å². The van der Waals surface area contributed by atoms with Crippen LogP contribution in [0.1, 0.15) is 19.8 Å². The molecule has 0 aliphatic carbocycles. The molecule has 0 fully saturated rings. The Morgan fingerprint density at radius 2 is 2.15 bits per heavy atom. The van der Waals surface area contributed by atoms with E-state index in [0.717, 1.165) is 6.42 Å². The van der Waals surface area contributed by atoms with E-state index in [0.29, 0.717) is 24.9 Å². The van der Waals surface area contributed by atoms with Crippen LogP contribution in [0.15, 0.2) is 18.5 Å². The first-order valence-electron chi connectivity index (χ1n) is 6.37. The van der Waals surface area contributed by atoms with E-state index in [9.17, 15) is 5.11 Å². The van der Waals surface area contributed by atoms with Gasteiger partial charge in [-0.15, -0.1) is 0 Å². The lowest BCUT2D eigenvalue weighted by atomic mass is 10.2. The van der Waals surface area contributed by atoms with Crippen LogP contribution in [0.3, 0.4) is 0 Å². The van der Waals surface area contributed by atoms with Crippen molar-refractivity contribution in [3.8, 4) is 5.95 Å². The van der Waals surface area contributed by atoms with Gasteiger partial charge in [-0.2, -0.15) is 20.1 Å². The Balaban J connectivity index is 2.14. The molecule has 0 saturated heterocycles. The van der Waals surface area contributed by atoms with E-state index in [1.54, 1.807) is 18.5 Å². The highest BCUT2D eigenvalue weighted by molar-refractivity contribution is 5.36. The zero-order valence-electron chi connectivity index (χ0n) is 11.2. The largest absolute Gasteiger partial charge is 0.391 e. The molecule has 0 aliphatic heterocycles. The normalized spacial score (nSPS) is 12.2. The van der Waals surface area contributed by atoms with Crippen molar-refractivity contribution < 1.29 is 5.11 Å². The van der Waals surface area contributed by atoms with Gasteiger partial charge < -0.3 is 10.4 Å². The number of nitrogens with zero attached hydrogens (tertiary/aromatic N) is 5. The first-order valence-corrected chi connectivity index (χ1v) is 6.37. The molecule has 0 amide bonds. The number of hydrazine groups is 1. The van der Waals surface area contributed by atoms with Crippen LogP contribution in [0, 0.1) is 0 Å². The van der Waals surface area contributed by atoms with Gasteiger partial charge >= 0.3 is 0 Å². The van der Waals surface area contributed by atoms with Gasteiger partial charge in [0.2, 0.25) is 11.9 Å². The van der Waals surface area contributed by atoms with Gasteiger partial charge in [0.25, 0.3) is 5.95 Å². The maximum atomic E-state index is 9.70. The fourth-order valence-corrected chi connectivity index (χ4v) is 1.64. The van der Waals surface area contributed by atoms with E-state index >= 15 is 0 Å². The molecule has 2 aromatic rings. The second-order valence-corrected chi connectivity index (χ2v) is 4.20. The molecule has 2 heterocycles. The first kappa shape index (κ1) is 14.2. The second kappa shape index (κ2) is 6.78. The molecule has 9 nitrogen and oxygen atoms in total. The van der Waals surface area contributed by atoms with Crippen LogP contribution in [-0.2, 0) is 0 Å². The SMILES string of the molecule is CCCC(O)CNc1nc(NN)nc(-n2cccn2)n1. The summed E-state index contributed by atoms with van der Waals surface area (Å²) < 4.78 is 1.50. The zero-order valence-corrected chi connectivity index (χ0v) is 11.2. The van der Waals surface area contributed by atoms with Gasteiger partial charge in [0.05, 0.1) is 6.10 Å². The van der Waals surface area contributed by atoms with Crippen molar-refractivity contribution in [2.75, 3.05) is 17.3 Å². The fourth-order valence-electron chi connectivity index (χ4n) is 1.64. The number of nitrogen functional groups attached to an aromatic ring is 1. The average Bonchev–Trinajstić information content (AvgIpc) is 2.99.